The summed E-state index contributed by atoms with van der Waals surface area (Å²) in [6.07, 6.45) is 10.0. The number of piperidine rings is 1. The second kappa shape index (κ2) is 6.71. The Hall–Kier alpha value is 0.400. The summed E-state index contributed by atoms with van der Waals surface area (Å²) in [5.74, 6) is 0. The number of likely N-dealkylation sites (tertiary alicyclic amines) is 1. The van der Waals surface area contributed by atoms with Gasteiger partial charge in [-0.2, -0.15) is 0 Å². The Balaban J connectivity index is 1.91. The van der Waals surface area contributed by atoms with Gasteiger partial charge >= 0.3 is 0 Å². The van der Waals surface area contributed by atoms with Crippen LogP contribution in [0.25, 0.3) is 0 Å². The van der Waals surface area contributed by atoms with Crippen molar-refractivity contribution >= 4 is 15.9 Å². The van der Waals surface area contributed by atoms with E-state index in [4.69, 9.17) is 4.74 Å². The van der Waals surface area contributed by atoms with Crippen LogP contribution in [0.15, 0.2) is 0 Å². The fraction of sp³-hybridized carbons (Fsp3) is 1.00. The molecule has 1 saturated carbocycles. The molecule has 2 unspecified atom stereocenters. The first-order valence-electron chi connectivity index (χ1n) is 7.52. The highest BCUT2D eigenvalue weighted by molar-refractivity contribution is 9.09. The predicted molar refractivity (Wildman–Crippen MR) is 80.4 cm³/mol. The minimum absolute atomic E-state index is 0.488. The van der Waals surface area contributed by atoms with Crippen molar-refractivity contribution in [2.24, 2.45) is 5.41 Å². The summed E-state index contributed by atoms with van der Waals surface area (Å²) in [4.78, 5) is 2.71. The fourth-order valence-electron chi connectivity index (χ4n) is 3.69. The number of halogens is 1. The summed E-state index contributed by atoms with van der Waals surface area (Å²) in [7, 11) is 1.86. The molecule has 2 fully saturated rings. The van der Waals surface area contributed by atoms with Gasteiger partial charge in [-0.05, 0) is 38.0 Å². The lowest BCUT2D eigenvalue weighted by Gasteiger charge is -2.45. The van der Waals surface area contributed by atoms with Gasteiger partial charge in [0, 0.05) is 31.6 Å². The van der Waals surface area contributed by atoms with Crippen LogP contribution in [0.2, 0.25) is 0 Å². The predicted octanol–water partition coefficient (Wildman–Crippen LogP) is 3.83. The van der Waals surface area contributed by atoms with E-state index < -0.39 is 0 Å². The molecule has 0 radical (unpaired) electrons. The first kappa shape index (κ1) is 14.8. The lowest BCUT2D eigenvalue weighted by atomic mass is 9.75. The van der Waals surface area contributed by atoms with Crippen molar-refractivity contribution in [3.8, 4) is 0 Å². The second-order valence-corrected chi connectivity index (χ2v) is 6.96. The first-order valence-corrected chi connectivity index (χ1v) is 8.64. The summed E-state index contributed by atoms with van der Waals surface area (Å²) < 4.78 is 5.52. The maximum atomic E-state index is 5.52. The summed E-state index contributed by atoms with van der Waals surface area (Å²) in [6.45, 7) is 4.88. The van der Waals surface area contributed by atoms with Crippen molar-refractivity contribution in [2.75, 3.05) is 25.5 Å². The average molecular weight is 318 g/mol. The molecule has 2 atom stereocenters. The molecule has 106 valence electrons. The minimum atomic E-state index is 0.488. The van der Waals surface area contributed by atoms with Crippen molar-refractivity contribution in [2.45, 2.75) is 64.0 Å². The highest BCUT2D eigenvalue weighted by Crippen LogP contribution is 2.39. The Morgan fingerprint density at radius 1 is 1.28 bits per heavy atom. The lowest BCUT2D eigenvalue weighted by Crippen LogP contribution is -2.49. The van der Waals surface area contributed by atoms with E-state index in [-0.39, 0.29) is 0 Å². The van der Waals surface area contributed by atoms with Gasteiger partial charge in [0.2, 0.25) is 0 Å². The Labute approximate surface area is 121 Å². The van der Waals surface area contributed by atoms with Gasteiger partial charge in [0.1, 0.15) is 0 Å². The molecule has 0 spiro atoms. The molecule has 18 heavy (non-hydrogen) atoms. The van der Waals surface area contributed by atoms with Crippen LogP contribution < -0.4 is 0 Å². The van der Waals surface area contributed by atoms with E-state index in [2.05, 4.69) is 27.8 Å². The minimum Gasteiger partial charge on any atom is -0.381 e. The zero-order chi connectivity index (χ0) is 13.0. The molecule has 1 heterocycles. The number of methoxy groups -OCH3 is 1. The Morgan fingerprint density at radius 3 is 2.56 bits per heavy atom. The topological polar surface area (TPSA) is 12.5 Å². The zero-order valence-electron chi connectivity index (χ0n) is 12.0. The first-order chi connectivity index (χ1) is 8.69. The average Bonchev–Trinajstić information content (AvgIpc) is 2.42. The van der Waals surface area contributed by atoms with Gasteiger partial charge < -0.3 is 4.74 Å². The normalized spacial score (nSPS) is 33.5. The highest BCUT2D eigenvalue weighted by Gasteiger charge is 2.36. The third kappa shape index (κ3) is 3.49. The Bertz CT molecular complexity index is 253. The van der Waals surface area contributed by atoms with Crippen LogP contribution in [0.3, 0.4) is 0 Å². The van der Waals surface area contributed by atoms with E-state index in [0.29, 0.717) is 17.6 Å². The summed E-state index contributed by atoms with van der Waals surface area (Å²) in [5.41, 5.74) is 0.548. The molecule has 2 aliphatic rings. The van der Waals surface area contributed by atoms with E-state index in [1.54, 1.807) is 0 Å². The molecule has 0 aromatic heterocycles. The van der Waals surface area contributed by atoms with Gasteiger partial charge in [0.05, 0.1) is 6.10 Å². The third-order valence-electron chi connectivity index (χ3n) is 5.04. The van der Waals surface area contributed by atoms with Crippen molar-refractivity contribution in [1.29, 1.82) is 0 Å². The molecule has 2 nitrogen and oxygen atoms in total. The van der Waals surface area contributed by atoms with E-state index in [9.17, 15) is 0 Å². The van der Waals surface area contributed by atoms with Crippen LogP contribution in [0.4, 0.5) is 0 Å². The van der Waals surface area contributed by atoms with Crippen LogP contribution in [-0.4, -0.2) is 42.6 Å². The molecular weight excluding hydrogens is 290 g/mol. The fourth-order valence-corrected chi connectivity index (χ4v) is 4.43. The Morgan fingerprint density at radius 2 is 2.00 bits per heavy atom. The molecule has 3 heteroatoms. The van der Waals surface area contributed by atoms with Gasteiger partial charge in [0.15, 0.2) is 0 Å². The van der Waals surface area contributed by atoms with Gasteiger partial charge in [-0.25, -0.2) is 0 Å². The number of alkyl halides is 1. The largest absolute Gasteiger partial charge is 0.381 e. The molecular formula is C15H28BrNO. The maximum Gasteiger partial charge on any atom is 0.0598 e. The number of nitrogens with zero attached hydrogens (tertiary/aromatic N) is 1. The third-order valence-corrected chi connectivity index (χ3v) is 6.22. The number of hydrogen-bond acceptors (Lipinski definition) is 2. The molecule has 1 aliphatic heterocycles. The quantitative estimate of drug-likeness (QED) is 0.731. The standard InChI is InChI=1S/C15H28BrNO/c1-13-10-14(18-2)6-9-17(13)12-15(11-16)7-4-3-5-8-15/h13-14H,3-12H2,1-2H3. The maximum absolute atomic E-state index is 5.52. The summed E-state index contributed by atoms with van der Waals surface area (Å²) in [5, 5.41) is 1.18. The van der Waals surface area contributed by atoms with Crippen LogP contribution in [0, 0.1) is 5.41 Å². The summed E-state index contributed by atoms with van der Waals surface area (Å²) in [6, 6.07) is 0.682. The van der Waals surface area contributed by atoms with E-state index in [0.717, 1.165) is 0 Å². The van der Waals surface area contributed by atoms with Crippen LogP contribution in [-0.2, 0) is 4.74 Å². The van der Waals surface area contributed by atoms with Gasteiger partial charge in [-0.3, -0.25) is 4.90 Å². The van der Waals surface area contributed by atoms with E-state index in [1.165, 1.54) is 63.4 Å². The molecule has 0 bridgehead atoms. The van der Waals surface area contributed by atoms with Crippen molar-refractivity contribution in [3.63, 3.8) is 0 Å². The van der Waals surface area contributed by atoms with Crippen LogP contribution in [0.1, 0.15) is 51.9 Å². The summed E-state index contributed by atoms with van der Waals surface area (Å²) >= 11 is 3.79. The number of ether oxygens (including phenoxy) is 1. The monoisotopic (exact) mass is 317 g/mol. The number of rotatable bonds is 4. The molecule has 0 amide bonds. The molecule has 2 rings (SSSR count). The molecule has 0 aromatic rings. The second-order valence-electron chi connectivity index (χ2n) is 6.40. The smallest absolute Gasteiger partial charge is 0.0598 e. The van der Waals surface area contributed by atoms with Crippen LogP contribution in [0.5, 0.6) is 0 Å². The van der Waals surface area contributed by atoms with Crippen molar-refractivity contribution in [3.05, 3.63) is 0 Å². The molecule has 0 N–H and O–H groups in total. The lowest BCUT2D eigenvalue weighted by molar-refractivity contribution is -0.00333. The SMILES string of the molecule is COC1CCN(CC2(CBr)CCCCC2)C(C)C1. The molecule has 0 aromatic carbocycles. The highest BCUT2D eigenvalue weighted by atomic mass is 79.9. The van der Waals surface area contributed by atoms with Gasteiger partial charge in [0.25, 0.3) is 0 Å². The van der Waals surface area contributed by atoms with E-state index >= 15 is 0 Å². The number of hydrogen-bond donors (Lipinski definition) is 0. The zero-order valence-corrected chi connectivity index (χ0v) is 13.5. The van der Waals surface area contributed by atoms with Gasteiger partial charge in [-0.1, -0.05) is 35.2 Å². The van der Waals surface area contributed by atoms with E-state index in [1.807, 2.05) is 7.11 Å². The van der Waals surface area contributed by atoms with Gasteiger partial charge in [-0.15, -0.1) is 0 Å². The van der Waals surface area contributed by atoms with Crippen molar-refractivity contribution in [1.82, 2.24) is 4.90 Å². The molecule has 1 aliphatic carbocycles. The Kier molecular flexibility index (Phi) is 5.52. The van der Waals surface area contributed by atoms with Crippen LogP contribution >= 0.6 is 15.9 Å². The van der Waals surface area contributed by atoms with Crippen molar-refractivity contribution < 1.29 is 4.74 Å². The molecule has 1 saturated heterocycles.